The average molecular weight is 509 g/mol. The van der Waals surface area contributed by atoms with E-state index in [2.05, 4.69) is 9.97 Å². The molecule has 0 bridgehead atoms. The zero-order valence-corrected chi connectivity index (χ0v) is 19.1. The van der Waals surface area contributed by atoms with Crippen molar-refractivity contribution >= 4 is 21.4 Å². The van der Waals surface area contributed by atoms with E-state index in [0.29, 0.717) is 0 Å². The third-order valence-corrected chi connectivity index (χ3v) is 7.18. The number of carbonyl (C=O) groups is 1. The highest BCUT2D eigenvalue weighted by atomic mass is 32.2. The van der Waals surface area contributed by atoms with E-state index < -0.39 is 52.2 Å². The first-order valence-corrected chi connectivity index (χ1v) is 11.8. The highest BCUT2D eigenvalue weighted by molar-refractivity contribution is 7.91. The zero-order chi connectivity index (χ0) is 25.6. The fourth-order valence-corrected chi connectivity index (χ4v) is 4.48. The molecule has 2 aromatic rings. The number of aromatic nitrogens is 2. The van der Waals surface area contributed by atoms with E-state index in [4.69, 9.17) is 0 Å². The summed E-state index contributed by atoms with van der Waals surface area (Å²) < 4.78 is 107. The summed E-state index contributed by atoms with van der Waals surface area (Å²) in [5.41, 5.74) is -2.45. The van der Waals surface area contributed by atoms with Gasteiger partial charge in [-0.05, 0) is 38.0 Å². The quantitative estimate of drug-likeness (QED) is 0.402. The average Bonchev–Trinajstić information content (AvgIpc) is 2.77. The highest BCUT2D eigenvalue weighted by Gasteiger charge is 2.54. The fraction of sp³-hybridized carbons (Fsp3) is 0.476. The number of pyridine rings is 2. The molecule has 0 saturated heterocycles. The molecule has 0 saturated carbocycles. The summed E-state index contributed by atoms with van der Waals surface area (Å²) in [6.07, 6.45) is -6.53. The molecule has 1 amide bonds. The summed E-state index contributed by atoms with van der Waals surface area (Å²) in [5.74, 6) is -6.59. The molecule has 2 aromatic heterocycles. The van der Waals surface area contributed by atoms with Gasteiger partial charge in [0.25, 0.3) is 0 Å². The van der Waals surface area contributed by atoms with Gasteiger partial charge in [0.15, 0.2) is 9.84 Å². The second kappa shape index (κ2) is 8.82. The lowest BCUT2D eigenvalue weighted by molar-refractivity contribution is -0.173. The molecule has 0 aromatic carbocycles. The maximum Gasteiger partial charge on any atom is 0.356 e. The van der Waals surface area contributed by atoms with Crippen LogP contribution in [0.1, 0.15) is 38.3 Å². The largest absolute Gasteiger partial charge is 0.356 e. The van der Waals surface area contributed by atoms with Crippen molar-refractivity contribution in [2.24, 2.45) is 0 Å². The van der Waals surface area contributed by atoms with Gasteiger partial charge >= 0.3 is 12.3 Å². The topological polar surface area (TPSA) is 80.2 Å². The predicted molar refractivity (Wildman–Crippen MR) is 111 cm³/mol. The van der Waals surface area contributed by atoms with Gasteiger partial charge in [0, 0.05) is 18.2 Å². The number of alkyl halides is 6. The second-order valence-electron chi connectivity index (χ2n) is 8.22. The van der Waals surface area contributed by atoms with E-state index in [0.717, 1.165) is 18.5 Å². The summed E-state index contributed by atoms with van der Waals surface area (Å²) in [4.78, 5) is 19.7. The fourth-order valence-electron chi connectivity index (χ4n) is 3.41. The van der Waals surface area contributed by atoms with Gasteiger partial charge < -0.3 is 0 Å². The Balaban J connectivity index is 2.15. The lowest BCUT2D eigenvalue weighted by atomic mass is 9.99. The number of hydrogen-bond acceptors (Lipinski definition) is 5. The molecule has 34 heavy (non-hydrogen) atoms. The molecule has 186 valence electrons. The molecule has 0 N–H and O–H groups in total. The molecule has 1 aliphatic heterocycles. The van der Waals surface area contributed by atoms with Crippen molar-refractivity contribution in [1.29, 1.82) is 0 Å². The minimum absolute atomic E-state index is 0.00694. The molecule has 1 unspecified atom stereocenters. The van der Waals surface area contributed by atoms with Gasteiger partial charge in [-0.1, -0.05) is 6.92 Å². The number of halogens is 6. The van der Waals surface area contributed by atoms with Crippen molar-refractivity contribution in [3.8, 4) is 11.4 Å². The van der Waals surface area contributed by atoms with Gasteiger partial charge in [0.05, 0.1) is 28.2 Å². The van der Waals surface area contributed by atoms with Gasteiger partial charge in [0.1, 0.15) is 11.4 Å². The van der Waals surface area contributed by atoms with E-state index in [9.17, 15) is 39.6 Å². The number of rotatable bonds is 7. The number of fused-ring (bicyclic) bond motifs is 1. The predicted octanol–water partition coefficient (Wildman–Crippen LogP) is 4.62. The molecule has 3 rings (SSSR count). The van der Waals surface area contributed by atoms with Crippen LogP contribution in [0.3, 0.4) is 0 Å². The van der Waals surface area contributed by atoms with Crippen LogP contribution in [0.4, 0.5) is 32.0 Å². The molecule has 0 aliphatic carbocycles. The van der Waals surface area contributed by atoms with Crippen molar-refractivity contribution in [3.63, 3.8) is 0 Å². The van der Waals surface area contributed by atoms with Gasteiger partial charge in [-0.15, -0.1) is 0 Å². The first-order chi connectivity index (χ1) is 15.6. The molecule has 1 atom stereocenters. The highest BCUT2D eigenvalue weighted by Crippen LogP contribution is 2.39. The van der Waals surface area contributed by atoms with Gasteiger partial charge in [-0.2, -0.15) is 8.78 Å². The summed E-state index contributed by atoms with van der Waals surface area (Å²) in [6, 6.07) is 2.35. The van der Waals surface area contributed by atoms with Crippen LogP contribution in [0.25, 0.3) is 11.4 Å². The van der Waals surface area contributed by atoms with Crippen LogP contribution in [-0.2, 0) is 26.7 Å². The normalized spacial score (nSPS) is 16.1. The molecular weight excluding hydrogens is 488 g/mol. The Bertz CT molecular complexity index is 1210. The van der Waals surface area contributed by atoms with Gasteiger partial charge in [0.2, 0.25) is 12.2 Å². The molecule has 0 fully saturated rings. The molecule has 0 spiro atoms. The van der Waals surface area contributed by atoms with Crippen molar-refractivity contribution in [2.75, 3.05) is 10.7 Å². The number of hydrogen-bond donors (Lipinski definition) is 0. The number of amides is 1. The van der Waals surface area contributed by atoms with E-state index >= 15 is 0 Å². The Labute approximate surface area is 191 Å². The van der Waals surface area contributed by atoms with Crippen molar-refractivity contribution < 1.29 is 39.6 Å². The van der Waals surface area contributed by atoms with E-state index in [1.807, 2.05) is 0 Å². The summed E-state index contributed by atoms with van der Waals surface area (Å²) in [7, 11) is -3.92. The molecule has 3 heterocycles. The minimum Gasteiger partial charge on any atom is -0.274 e. The Morgan fingerprint density at radius 3 is 2.26 bits per heavy atom. The number of anilines is 1. The molecule has 0 radical (unpaired) electrons. The third-order valence-electron chi connectivity index (χ3n) is 5.43. The Morgan fingerprint density at radius 1 is 1.06 bits per heavy atom. The molecular formula is C21H21F6N3O3S. The maximum absolute atomic E-state index is 14.4. The monoisotopic (exact) mass is 509 g/mol. The van der Waals surface area contributed by atoms with Crippen LogP contribution < -0.4 is 4.90 Å². The Kier molecular flexibility index (Phi) is 6.72. The van der Waals surface area contributed by atoms with Crippen LogP contribution in [0, 0.1) is 0 Å². The molecule has 13 heteroatoms. The summed E-state index contributed by atoms with van der Waals surface area (Å²) >= 11 is 0. The number of aryl methyl sites for hydroxylation is 1. The zero-order valence-electron chi connectivity index (χ0n) is 18.3. The van der Waals surface area contributed by atoms with Crippen LogP contribution >= 0.6 is 0 Å². The van der Waals surface area contributed by atoms with Crippen molar-refractivity contribution in [2.45, 2.75) is 62.8 Å². The lowest BCUT2D eigenvalue weighted by Crippen LogP contribution is -2.53. The summed E-state index contributed by atoms with van der Waals surface area (Å²) in [5, 5.41) is 0. The van der Waals surface area contributed by atoms with Crippen LogP contribution in [0.2, 0.25) is 0 Å². The SMILES string of the molecule is CCS(=O)(=O)c1cc(C(C)(C)F)cnc1-c1cc2c(cn1)N(C(F)C(F)(F)C(F)F)C(=O)CC2. The van der Waals surface area contributed by atoms with E-state index in [-0.39, 0.29) is 44.5 Å². The van der Waals surface area contributed by atoms with E-state index in [1.165, 1.54) is 26.8 Å². The van der Waals surface area contributed by atoms with Crippen LogP contribution in [0.15, 0.2) is 29.4 Å². The van der Waals surface area contributed by atoms with Gasteiger partial charge in [-0.25, -0.2) is 26.0 Å². The first-order valence-electron chi connectivity index (χ1n) is 10.1. The molecule has 1 aliphatic rings. The third kappa shape index (κ3) is 4.62. The second-order valence-corrected chi connectivity index (χ2v) is 10.5. The minimum atomic E-state index is -5.12. The summed E-state index contributed by atoms with van der Waals surface area (Å²) in [6.45, 7) is 3.81. The van der Waals surface area contributed by atoms with Gasteiger partial charge in [-0.3, -0.25) is 19.7 Å². The lowest BCUT2D eigenvalue weighted by Gasteiger charge is -2.34. The van der Waals surface area contributed by atoms with Crippen LogP contribution in [0.5, 0.6) is 0 Å². The van der Waals surface area contributed by atoms with Crippen molar-refractivity contribution in [3.05, 3.63) is 35.7 Å². The maximum atomic E-state index is 14.4. The first kappa shape index (κ1) is 25.9. The number of sulfone groups is 1. The number of carbonyl (C=O) groups excluding carboxylic acids is 1. The number of nitrogens with zero attached hydrogens (tertiary/aromatic N) is 3. The smallest absolute Gasteiger partial charge is 0.274 e. The van der Waals surface area contributed by atoms with Crippen molar-refractivity contribution in [1.82, 2.24) is 9.97 Å². The standard InChI is InChI=1S/C21H21F6N3O3S/c1-4-34(32,33)15-8-12(20(2,3)25)9-29-17(15)13-7-11-5-6-16(31)30(14(11)10-28-13)19(24)21(26,27)18(22)23/h7-10,18-19H,4-6H2,1-3H3. The van der Waals surface area contributed by atoms with Crippen LogP contribution in [-0.4, -0.2) is 48.7 Å². The Hall–Kier alpha value is -2.70. The molecule has 6 nitrogen and oxygen atoms in total. The Morgan fingerprint density at radius 2 is 1.71 bits per heavy atom. The van der Waals surface area contributed by atoms with E-state index in [1.54, 1.807) is 0 Å².